The lowest BCUT2D eigenvalue weighted by molar-refractivity contribution is 0.0528. The Bertz CT molecular complexity index is 1130. The van der Waals surface area contributed by atoms with E-state index in [9.17, 15) is 14.4 Å². The highest BCUT2D eigenvalue weighted by Crippen LogP contribution is 2.37. The predicted molar refractivity (Wildman–Crippen MR) is 114 cm³/mol. The molecule has 2 aromatic heterocycles. The summed E-state index contributed by atoms with van der Waals surface area (Å²) >= 11 is 1.29. The molecule has 6 nitrogen and oxygen atoms in total. The molecule has 0 saturated heterocycles. The molecule has 1 amide bonds. The zero-order valence-electron chi connectivity index (χ0n) is 16.7. The van der Waals surface area contributed by atoms with E-state index in [-0.39, 0.29) is 18.2 Å². The Morgan fingerprint density at radius 1 is 1.20 bits per heavy atom. The lowest BCUT2D eigenvalue weighted by Gasteiger charge is -2.07. The van der Waals surface area contributed by atoms with Crippen LogP contribution < -0.4 is 5.32 Å². The van der Waals surface area contributed by atoms with Gasteiger partial charge in [-0.25, -0.2) is 4.79 Å². The van der Waals surface area contributed by atoms with Crippen LogP contribution in [-0.4, -0.2) is 24.3 Å². The SMILES string of the molecule is CCOC(=O)c1cc(-c2ccccc2)sc1NC(=O)c1oc2c(c1C)C(=O)CCC2. The van der Waals surface area contributed by atoms with Crippen molar-refractivity contribution in [1.29, 1.82) is 0 Å². The number of aryl methyl sites for hydroxylation is 1. The third kappa shape index (κ3) is 3.68. The van der Waals surface area contributed by atoms with Crippen molar-refractivity contribution in [3.63, 3.8) is 0 Å². The molecule has 0 spiro atoms. The van der Waals surface area contributed by atoms with Crippen molar-refractivity contribution in [3.8, 4) is 10.4 Å². The van der Waals surface area contributed by atoms with Crippen LogP contribution >= 0.6 is 11.3 Å². The van der Waals surface area contributed by atoms with Crippen molar-refractivity contribution < 1.29 is 23.5 Å². The van der Waals surface area contributed by atoms with Gasteiger partial charge in [0, 0.05) is 23.3 Å². The quantitative estimate of drug-likeness (QED) is 0.566. The first-order valence-electron chi connectivity index (χ1n) is 9.82. The number of hydrogen-bond donors (Lipinski definition) is 1. The van der Waals surface area contributed by atoms with Crippen molar-refractivity contribution in [2.75, 3.05) is 11.9 Å². The Balaban J connectivity index is 1.68. The second-order valence-electron chi connectivity index (χ2n) is 7.03. The Hall–Kier alpha value is -3.19. The zero-order valence-corrected chi connectivity index (χ0v) is 17.6. The fourth-order valence-electron chi connectivity index (χ4n) is 3.61. The highest BCUT2D eigenvalue weighted by molar-refractivity contribution is 7.20. The molecular weight excluding hydrogens is 402 g/mol. The van der Waals surface area contributed by atoms with Gasteiger partial charge in [-0.2, -0.15) is 0 Å². The number of anilines is 1. The topological polar surface area (TPSA) is 85.6 Å². The number of carbonyl (C=O) groups is 3. The molecule has 0 bridgehead atoms. The van der Waals surface area contributed by atoms with Gasteiger partial charge in [-0.05, 0) is 31.9 Å². The van der Waals surface area contributed by atoms with Gasteiger partial charge in [-0.1, -0.05) is 30.3 Å². The lowest BCUT2D eigenvalue weighted by atomic mass is 9.94. The highest BCUT2D eigenvalue weighted by atomic mass is 32.1. The third-order valence-corrected chi connectivity index (χ3v) is 6.12. The molecule has 0 radical (unpaired) electrons. The molecule has 4 rings (SSSR count). The third-order valence-electron chi connectivity index (χ3n) is 5.03. The summed E-state index contributed by atoms with van der Waals surface area (Å²) in [4.78, 5) is 38.5. The lowest BCUT2D eigenvalue weighted by Crippen LogP contribution is -2.15. The van der Waals surface area contributed by atoms with Crippen LogP contribution in [0.4, 0.5) is 5.00 Å². The number of ketones is 1. The number of ether oxygens (including phenoxy) is 1. The molecule has 0 saturated carbocycles. The van der Waals surface area contributed by atoms with E-state index in [1.54, 1.807) is 19.9 Å². The van der Waals surface area contributed by atoms with Gasteiger partial charge in [0.1, 0.15) is 10.8 Å². The second-order valence-corrected chi connectivity index (χ2v) is 8.08. The highest BCUT2D eigenvalue weighted by Gasteiger charge is 2.30. The Labute approximate surface area is 177 Å². The summed E-state index contributed by atoms with van der Waals surface area (Å²) in [6.45, 7) is 3.68. The second kappa shape index (κ2) is 8.28. The fourth-order valence-corrected chi connectivity index (χ4v) is 4.66. The number of esters is 1. The van der Waals surface area contributed by atoms with Gasteiger partial charge in [0.05, 0.1) is 17.7 Å². The molecule has 1 aliphatic carbocycles. The van der Waals surface area contributed by atoms with Gasteiger partial charge in [0.2, 0.25) is 0 Å². The van der Waals surface area contributed by atoms with Crippen LogP contribution in [-0.2, 0) is 11.2 Å². The molecule has 3 aromatic rings. The first-order valence-corrected chi connectivity index (χ1v) is 10.6. The van der Waals surface area contributed by atoms with E-state index >= 15 is 0 Å². The number of furan rings is 1. The van der Waals surface area contributed by atoms with Crippen LogP contribution in [0.1, 0.15) is 62.4 Å². The molecule has 0 aliphatic heterocycles. The normalized spacial score (nSPS) is 13.1. The van der Waals surface area contributed by atoms with Gasteiger partial charge in [0.25, 0.3) is 5.91 Å². The van der Waals surface area contributed by atoms with Gasteiger partial charge in [-0.3, -0.25) is 9.59 Å². The number of hydrogen-bond acceptors (Lipinski definition) is 6. The van der Waals surface area contributed by atoms with Crippen LogP contribution in [0.5, 0.6) is 0 Å². The molecule has 2 heterocycles. The van der Waals surface area contributed by atoms with Crippen LogP contribution in [0.15, 0.2) is 40.8 Å². The predicted octanol–water partition coefficient (Wildman–Crippen LogP) is 5.26. The van der Waals surface area contributed by atoms with Crippen LogP contribution in [0, 0.1) is 6.92 Å². The standard InChI is InChI=1S/C23H21NO5S/c1-3-28-23(27)15-12-18(14-8-5-4-6-9-14)30-22(15)24-21(26)20-13(2)19-16(25)10-7-11-17(19)29-20/h4-6,8-9,12H,3,7,10-11H2,1-2H3,(H,24,26). The maximum absolute atomic E-state index is 13.0. The summed E-state index contributed by atoms with van der Waals surface area (Å²) < 4.78 is 10.9. The number of benzene rings is 1. The fraction of sp³-hybridized carbons (Fsp3) is 0.261. The molecular formula is C23H21NO5S. The first kappa shape index (κ1) is 20.1. The van der Waals surface area contributed by atoms with E-state index in [2.05, 4.69) is 5.32 Å². The molecule has 7 heteroatoms. The molecule has 30 heavy (non-hydrogen) atoms. The number of thiophene rings is 1. The molecule has 0 atom stereocenters. The van der Waals surface area contributed by atoms with Gasteiger partial charge >= 0.3 is 5.97 Å². The average Bonchev–Trinajstić information content (AvgIpc) is 3.31. The Morgan fingerprint density at radius 2 is 1.97 bits per heavy atom. The summed E-state index contributed by atoms with van der Waals surface area (Å²) in [5, 5.41) is 3.18. The maximum atomic E-state index is 13.0. The number of amides is 1. The van der Waals surface area contributed by atoms with Crippen molar-refractivity contribution in [2.45, 2.75) is 33.1 Å². The van der Waals surface area contributed by atoms with E-state index in [0.29, 0.717) is 40.3 Å². The zero-order chi connectivity index (χ0) is 21.3. The number of rotatable bonds is 5. The van der Waals surface area contributed by atoms with Crippen LogP contribution in [0.2, 0.25) is 0 Å². The molecule has 0 fully saturated rings. The minimum atomic E-state index is -0.503. The summed E-state index contributed by atoms with van der Waals surface area (Å²) in [6, 6.07) is 11.3. The minimum absolute atomic E-state index is 0.00579. The number of nitrogens with one attached hydrogen (secondary N) is 1. The van der Waals surface area contributed by atoms with Crippen molar-refractivity contribution >= 4 is 34.0 Å². The van der Waals surface area contributed by atoms with E-state index in [1.165, 1.54) is 11.3 Å². The van der Waals surface area contributed by atoms with Crippen molar-refractivity contribution in [3.05, 3.63) is 64.6 Å². The van der Waals surface area contributed by atoms with E-state index in [4.69, 9.17) is 9.15 Å². The summed E-state index contributed by atoms with van der Waals surface area (Å²) in [5.74, 6) is -0.305. The van der Waals surface area contributed by atoms with E-state index < -0.39 is 11.9 Å². The summed E-state index contributed by atoms with van der Waals surface area (Å²) in [6.07, 6.45) is 1.82. The Kier molecular flexibility index (Phi) is 5.55. The van der Waals surface area contributed by atoms with E-state index in [0.717, 1.165) is 16.9 Å². The number of carbonyl (C=O) groups excluding carboxylic acids is 3. The van der Waals surface area contributed by atoms with Crippen molar-refractivity contribution in [1.82, 2.24) is 0 Å². The van der Waals surface area contributed by atoms with Crippen LogP contribution in [0.3, 0.4) is 0 Å². The molecule has 1 N–H and O–H groups in total. The smallest absolute Gasteiger partial charge is 0.341 e. The first-order chi connectivity index (χ1) is 14.5. The Morgan fingerprint density at radius 3 is 2.67 bits per heavy atom. The molecule has 154 valence electrons. The van der Waals surface area contributed by atoms with E-state index in [1.807, 2.05) is 30.3 Å². The number of Topliss-reactive ketones (excluding diaryl/α,β-unsaturated/α-hetero) is 1. The monoisotopic (exact) mass is 423 g/mol. The minimum Gasteiger partial charge on any atom is -0.462 e. The molecule has 1 aliphatic rings. The molecule has 0 unspecified atom stereocenters. The van der Waals surface area contributed by atoms with Gasteiger partial charge in [0.15, 0.2) is 11.5 Å². The van der Waals surface area contributed by atoms with Crippen LogP contribution in [0.25, 0.3) is 10.4 Å². The van der Waals surface area contributed by atoms with Gasteiger partial charge in [-0.15, -0.1) is 11.3 Å². The van der Waals surface area contributed by atoms with Crippen molar-refractivity contribution in [2.24, 2.45) is 0 Å². The maximum Gasteiger partial charge on any atom is 0.341 e. The average molecular weight is 423 g/mol. The summed E-state index contributed by atoms with van der Waals surface area (Å²) in [5.41, 5.74) is 2.29. The molecule has 1 aromatic carbocycles. The van der Waals surface area contributed by atoms with Gasteiger partial charge < -0.3 is 14.5 Å². The summed E-state index contributed by atoms with van der Waals surface area (Å²) in [7, 11) is 0. The largest absolute Gasteiger partial charge is 0.462 e. The number of fused-ring (bicyclic) bond motifs is 1.